The van der Waals surface area contributed by atoms with E-state index in [2.05, 4.69) is 32.2 Å². The van der Waals surface area contributed by atoms with Gasteiger partial charge in [-0.15, -0.1) is 0 Å². The van der Waals surface area contributed by atoms with E-state index in [1.165, 1.54) is 19.3 Å². The summed E-state index contributed by atoms with van der Waals surface area (Å²) in [4.78, 5) is 0. The van der Waals surface area contributed by atoms with Crippen LogP contribution >= 0.6 is 0 Å². The van der Waals surface area contributed by atoms with Crippen molar-refractivity contribution in [3.63, 3.8) is 0 Å². The summed E-state index contributed by atoms with van der Waals surface area (Å²) >= 11 is 0. The van der Waals surface area contributed by atoms with E-state index in [4.69, 9.17) is 5.26 Å². The van der Waals surface area contributed by atoms with Gasteiger partial charge in [0.1, 0.15) is 0 Å². The summed E-state index contributed by atoms with van der Waals surface area (Å²) in [6.07, 6.45) is 4.70. The quantitative estimate of drug-likeness (QED) is 0.750. The Morgan fingerprint density at radius 2 is 2.07 bits per heavy atom. The molecule has 0 saturated heterocycles. The molecule has 1 N–H and O–H groups in total. The fraction of sp³-hybridized carbons (Fsp3) is 0.917. The van der Waals surface area contributed by atoms with E-state index in [1.807, 2.05) is 0 Å². The Hall–Kier alpha value is -0.550. The second-order valence-electron chi connectivity index (χ2n) is 4.72. The highest BCUT2D eigenvalue weighted by Gasteiger charge is 2.25. The largest absolute Gasteiger partial charge is 0.299 e. The average molecular weight is 194 g/mol. The summed E-state index contributed by atoms with van der Waals surface area (Å²) in [6.45, 7) is 6.73. The zero-order valence-corrected chi connectivity index (χ0v) is 9.59. The lowest BCUT2D eigenvalue weighted by atomic mass is 9.79. The van der Waals surface area contributed by atoms with Gasteiger partial charge in [0, 0.05) is 6.04 Å². The van der Waals surface area contributed by atoms with Crippen molar-refractivity contribution in [3.8, 4) is 6.07 Å². The van der Waals surface area contributed by atoms with Crippen molar-refractivity contribution in [2.45, 2.75) is 58.5 Å². The Morgan fingerprint density at radius 1 is 1.36 bits per heavy atom. The van der Waals surface area contributed by atoms with Crippen molar-refractivity contribution >= 4 is 0 Å². The van der Waals surface area contributed by atoms with Gasteiger partial charge in [-0.1, -0.05) is 20.8 Å². The molecule has 1 aliphatic carbocycles. The number of nitrogens with one attached hydrogen (secondary N) is 1. The van der Waals surface area contributed by atoms with Gasteiger partial charge in [0.15, 0.2) is 0 Å². The molecule has 0 spiro atoms. The predicted molar refractivity (Wildman–Crippen MR) is 58.8 cm³/mol. The van der Waals surface area contributed by atoms with E-state index >= 15 is 0 Å². The zero-order valence-electron chi connectivity index (χ0n) is 9.59. The molecule has 14 heavy (non-hydrogen) atoms. The van der Waals surface area contributed by atoms with Crippen molar-refractivity contribution in [1.82, 2.24) is 5.32 Å². The number of rotatable bonds is 3. The molecule has 0 aromatic carbocycles. The Balaban J connectivity index is 2.36. The second kappa shape index (κ2) is 5.36. The van der Waals surface area contributed by atoms with E-state index in [0.29, 0.717) is 6.04 Å². The third kappa shape index (κ3) is 2.99. The highest BCUT2D eigenvalue weighted by Crippen LogP contribution is 2.29. The standard InChI is InChI=1S/C12H22N2/c1-4-11(8-13)14-12-6-5-9(2)10(3)7-12/h9-12,14H,4-7H2,1-3H3. The van der Waals surface area contributed by atoms with Crippen LogP contribution in [0.3, 0.4) is 0 Å². The van der Waals surface area contributed by atoms with Crippen LogP contribution < -0.4 is 5.32 Å². The van der Waals surface area contributed by atoms with E-state index in [9.17, 15) is 0 Å². The van der Waals surface area contributed by atoms with Gasteiger partial charge in [-0.25, -0.2) is 0 Å². The molecule has 1 rings (SSSR count). The van der Waals surface area contributed by atoms with Crippen molar-refractivity contribution in [1.29, 1.82) is 5.26 Å². The van der Waals surface area contributed by atoms with Gasteiger partial charge in [0.2, 0.25) is 0 Å². The fourth-order valence-electron chi connectivity index (χ4n) is 2.23. The normalized spacial score (nSPS) is 34.9. The first-order valence-corrected chi connectivity index (χ1v) is 5.83. The highest BCUT2D eigenvalue weighted by atomic mass is 14.9. The van der Waals surface area contributed by atoms with Gasteiger partial charge in [-0.3, -0.25) is 5.32 Å². The fourth-order valence-corrected chi connectivity index (χ4v) is 2.23. The predicted octanol–water partition coefficient (Wildman–Crippen LogP) is 2.70. The first kappa shape index (κ1) is 11.5. The van der Waals surface area contributed by atoms with Crippen LogP contribution in [0.5, 0.6) is 0 Å². The Morgan fingerprint density at radius 3 is 2.57 bits per heavy atom. The van der Waals surface area contributed by atoms with Gasteiger partial charge < -0.3 is 0 Å². The second-order valence-corrected chi connectivity index (χ2v) is 4.72. The molecule has 0 aromatic heterocycles. The van der Waals surface area contributed by atoms with Crippen LogP contribution in [0.4, 0.5) is 0 Å². The highest BCUT2D eigenvalue weighted by molar-refractivity contribution is 4.92. The number of nitrogens with zero attached hydrogens (tertiary/aromatic N) is 1. The lowest BCUT2D eigenvalue weighted by Crippen LogP contribution is -2.41. The van der Waals surface area contributed by atoms with Crippen LogP contribution in [0.2, 0.25) is 0 Å². The van der Waals surface area contributed by atoms with Crippen LogP contribution in [0.1, 0.15) is 46.5 Å². The maximum absolute atomic E-state index is 8.86. The smallest absolute Gasteiger partial charge is 0.0952 e. The topological polar surface area (TPSA) is 35.8 Å². The molecular weight excluding hydrogens is 172 g/mol. The summed E-state index contributed by atoms with van der Waals surface area (Å²) in [5.41, 5.74) is 0. The minimum absolute atomic E-state index is 0.0561. The lowest BCUT2D eigenvalue weighted by molar-refractivity contribution is 0.220. The van der Waals surface area contributed by atoms with Gasteiger partial charge in [0.05, 0.1) is 12.1 Å². The number of hydrogen-bond acceptors (Lipinski definition) is 2. The first-order chi connectivity index (χ1) is 6.67. The maximum atomic E-state index is 8.86. The molecule has 80 valence electrons. The van der Waals surface area contributed by atoms with Crippen molar-refractivity contribution in [3.05, 3.63) is 0 Å². The molecule has 0 radical (unpaired) electrons. The molecule has 0 heterocycles. The number of hydrogen-bond donors (Lipinski definition) is 1. The van der Waals surface area contributed by atoms with Crippen LogP contribution in [-0.2, 0) is 0 Å². The molecule has 2 nitrogen and oxygen atoms in total. The summed E-state index contributed by atoms with van der Waals surface area (Å²) in [6, 6.07) is 2.94. The lowest BCUT2D eigenvalue weighted by Gasteiger charge is -2.33. The molecule has 2 heteroatoms. The molecule has 4 atom stereocenters. The van der Waals surface area contributed by atoms with Crippen LogP contribution in [0.25, 0.3) is 0 Å². The van der Waals surface area contributed by atoms with E-state index in [-0.39, 0.29) is 6.04 Å². The van der Waals surface area contributed by atoms with Crippen LogP contribution in [-0.4, -0.2) is 12.1 Å². The molecule has 1 fully saturated rings. The van der Waals surface area contributed by atoms with Crippen molar-refractivity contribution < 1.29 is 0 Å². The van der Waals surface area contributed by atoms with Crippen LogP contribution in [0, 0.1) is 23.2 Å². The summed E-state index contributed by atoms with van der Waals surface area (Å²) < 4.78 is 0. The average Bonchev–Trinajstić information content (AvgIpc) is 2.19. The summed E-state index contributed by atoms with van der Waals surface area (Å²) in [5, 5.41) is 12.3. The summed E-state index contributed by atoms with van der Waals surface area (Å²) in [5.74, 6) is 1.66. The van der Waals surface area contributed by atoms with Gasteiger partial charge in [0.25, 0.3) is 0 Å². The Bertz CT molecular complexity index is 207. The molecule has 1 saturated carbocycles. The number of nitriles is 1. The van der Waals surface area contributed by atoms with Crippen molar-refractivity contribution in [2.75, 3.05) is 0 Å². The Kier molecular flexibility index (Phi) is 4.41. The van der Waals surface area contributed by atoms with Gasteiger partial charge in [-0.2, -0.15) is 5.26 Å². The molecule has 0 aromatic rings. The third-order valence-electron chi connectivity index (χ3n) is 3.60. The monoisotopic (exact) mass is 194 g/mol. The van der Waals surface area contributed by atoms with E-state index in [0.717, 1.165) is 18.3 Å². The zero-order chi connectivity index (χ0) is 10.6. The molecule has 1 aliphatic rings. The Labute approximate surface area is 87.7 Å². The van der Waals surface area contributed by atoms with E-state index < -0.39 is 0 Å². The van der Waals surface area contributed by atoms with Gasteiger partial charge >= 0.3 is 0 Å². The minimum Gasteiger partial charge on any atom is -0.299 e. The van der Waals surface area contributed by atoms with Gasteiger partial charge in [-0.05, 0) is 37.5 Å². The molecule has 0 aliphatic heterocycles. The summed E-state index contributed by atoms with van der Waals surface area (Å²) in [7, 11) is 0. The van der Waals surface area contributed by atoms with E-state index in [1.54, 1.807) is 0 Å². The molecule has 0 bridgehead atoms. The first-order valence-electron chi connectivity index (χ1n) is 5.83. The van der Waals surface area contributed by atoms with Crippen molar-refractivity contribution in [2.24, 2.45) is 11.8 Å². The SMILES string of the molecule is CCC(C#N)NC1CCC(C)C(C)C1. The maximum Gasteiger partial charge on any atom is 0.0952 e. The molecular formula is C12H22N2. The van der Waals surface area contributed by atoms with Crippen LogP contribution in [0.15, 0.2) is 0 Å². The minimum atomic E-state index is 0.0561. The molecule has 4 unspecified atom stereocenters. The third-order valence-corrected chi connectivity index (χ3v) is 3.60. The molecule has 0 amide bonds.